The Labute approximate surface area is 50.5 Å². The molecule has 0 aliphatic heterocycles. The summed E-state index contributed by atoms with van der Waals surface area (Å²) in [6.45, 7) is 9.65. The minimum absolute atomic E-state index is 0.0895. The first kappa shape index (κ1) is 7.43. The molecule has 7 heavy (non-hydrogen) atoms. The SMILES string of the molecule is CC(C)[SiH2][SiH](C)C. The predicted molar refractivity (Wildman–Crippen MR) is 42.5 cm³/mol. The van der Waals surface area contributed by atoms with Crippen LogP contribution in [0.15, 0.2) is 0 Å². The summed E-state index contributed by atoms with van der Waals surface area (Å²) < 4.78 is 0. The van der Waals surface area contributed by atoms with E-state index < -0.39 is 0 Å². The van der Waals surface area contributed by atoms with Crippen LogP contribution in [0.5, 0.6) is 0 Å². The highest BCUT2D eigenvalue weighted by Crippen LogP contribution is 1.97. The lowest BCUT2D eigenvalue weighted by Gasteiger charge is -2.02. The molecule has 0 aromatic carbocycles. The van der Waals surface area contributed by atoms with Crippen LogP contribution in [0, 0.1) is 0 Å². The van der Waals surface area contributed by atoms with Crippen molar-refractivity contribution in [3.8, 4) is 0 Å². The van der Waals surface area contributed by atoms with Gasteiger partial charge in [-0.05, 0) is 0 Å². The summed E-state index contributed by atoms with van der Waals surface area (Å²) in [5.41, 5.74) is 1.08. The molecule has 0 aromatic rings. The lowest BCUT2D eigenvalue weighted by Crippen LogP contribution is -2.14. The smallest absolute Gasteiger partial charge is 0.0183 e. The Morgan fingerprint density at radius 1 is 1.29 bits per heavy atom. The summed E-state index contributed by atoms with van der Waals surface area (Å²) in [5.74, 6) is 0. The van der Waals surface area contributed by atoms with Gasteiger partial charge in [-0.1, -0.05) is 32.5 Å². The Kier molecular flexibility index (Phi) is 3.65. The van der Waals surface area contributed by atoms with Crippen molar-refractivity contribution in [1.29, 1.82) is 0 Å². The largest absolute Gasteiger partial charge is 0.0745 e. The third-order valence-electron chi connectivity index (χ3n) is 0.943. The molecule has 0 aromatic heterocycles. The molecule has 0 bridgehead atoms. The third kappa shape index (κ3) is 6.43. The van der Waals surface area contributed by atoms with Gasteiger partial charge in [-0.2, -0.15) is 0 Å². The fraction of sp³-hybridized carbons (Fsp3) is 1.00. The molecule has 0 saturated heterocycles. The minimum Gasteiger partial charge on any atom is -0.0745 e. The fourth-order valence-corrected chi connectivity index (χ4v) is 8.49. The monoisotopic (exact) mass is 132 g/mol. The van der Waals surface area contributed by atoms with Crippen molar-refractivity contribution < 1.29 is 0 Å². The maximum atomic E-state index is 2.46. The molecule has 0 N–H and O–H groups in total. The highest BCUT2D eigenvalue weighted by molar-refractivity contribution is 7.11. The first-order chi connectivity index (χ1) is 3.13. The Morgan fingerprint density at radius 2 is 1.71 bits per heavy atom. The Hall–Kier alpha value is 0.434. The van der Waals surface area contributed by atoms with Gasteiger partial charge in [0.15, 0.2) is 0 Å². The summed E-state index contributed by atoms with van der Waals surface area (Å²) in [6, 6.07) is 0. The molecule has 0 nitrogen and oxygen atoms in total. The quantitative estimate of drug-likeness (QED) is 0.491. The average molecular weight is 132 g/mol. The van der Waals surface area contributed by atoms with E-state index in [0.717, 1.165) is 5.54 Å². The van der Waals surface area contributed by atoms with Crippen LogP contribution in [0.4, 0.5) is 0 Å². The van der Waals surface area contributed by atoms with Gasteiger partial charge in [0.25, 0.3) is 0 Å². The van der Waals surface area contributed by atoms with E-state index >= 15 is 0 Å². The molecule has 0 radical (unpaired) electrons. The molecular weight excluding hydrogens is 116 g/mol. The van der Waals surface area contributed by atoms with E-state index in [1.807, 2.05) is 0 Å². The van der Waals surface area contributed by atoms with E-state index in [1.54, 1.807) is 0 Å². The molecule has 0 amide bonds. The van der Waals surface area contributed by atoms with Crippen molar-refractivity contribution in [2.75, 3.05) is 0 Å². The van der Waals surface area contributed by atoms with Crippen LogP contribution in [0.3, 0.4) is 0 Å². The molecule has 0 atom stereocenters. The van der Waals surface area contributed by atoms with Gasteiger partial charge < -0.3 is 0 Å². The first-order valence-electron chi connectivity index (χ1n) is 3.13. The Morgan fingerprint density at radius 3 is 1.71 bits per heavy atom. The Bertz CT molecular complexity index is 35.3. The van der Waals surface area contributed by atoms with Crippen molar-refractivity contribution in [3.63, 3.8) is 0 Å². The van der Waals surface area contributed by atoms with Crippen molar-refractivity contribution in [2.24, 2.45) is 0 Å². The van der Waals surface area contributed by atoms with Crippen molar-refractivity contribution in [1.82, 2.24) is 0 Å². The average Bonchev–Trinajstić information content (AvgIpc) is 1.27. The molecule has 2 heteroatoms. The van der Waals surface area contributed by atoms with Gasteiger partial charge in [0, 0.05) is 17.4 Å². The fourth-order valence-electron chi connectivity index (χ4n) is 0.943. The summed E-state index contributed by atoms with van der Waals surface area (Å²) in [4.78, 5) is 0. The second-order valence-electron chi connectivity index (χ2n) is 3.02. The Balaban J connectivity index is 2.95. The van der Waals surface area contributed by atoms with E-state index in [4.69, 9.17) is 0 Å². The number of hydrogen-bond donors (Lipinski definition) is 0. The third-order valence-corrected chi connectivity index (χ3v) is 8.49. The zero-order valence-corrected chi connectivity index (χ0v) is 8.43. The van der Waals surface area contributed by atoms with Gasteiger partial charge in [-0.15, -0.1) is 0 Å². The standard InChI is InChI=1S/C5H16Si2/c1-5(2)6-7(3)4/h5,7H,6H2,1-4H3. The molecule has 0 rings (SSSR count). The molecule has 0 unspecified atom stereocenters. The van der Waals surface area contributed by atoms with E-state index in [-0.39, 0.29) is 8.31 Å². The number of rotatable bonds is 2. The summed E-state index contributed by atoms with van der Waals surface area (Å²) in [7, 11) is 0.330. The van der Waals surface area contributed by atoms with Crippen LogP contribution < -0.4 is 0 Å². The molecule has 0 heterocycles. The minimum atomic E-state index is -0.0895. The van der Waals surface area contributed by atoms with Crippen LogP contribution in [0.2, 0.25) is 18.6 Å². The highest BCUT2D eigenvalue weighted by atomic mass is 29.2. The molecule has 44 valence electrons. The molecule has 0 aliphatic carbocycles. The van der Waals surface area contributed by atoms with E-state index in [1.165, 1.54) is 0 Å². The second kappa shape index (κ2) is 3.44. The van der Waals surface area contributed by atoms with Crippen LogP contribution in [-0.2, 0) is 0 Å². The highest BCUT2D eigenvalue weighted by Gasteiger charge is 1.98. The lowest BCUT2D eigenvalue weighted by molar-refractivity contribution is 1.07. The maximum absolute atomic E-state index is 2.46. The predicted octanol–water partition coefficient (Wildman–Crippen LogP) is 0.967. The first-order valence-corrected chi connectivity index (χ1v) is 9.52. The molecule has 0 saturated carbocycles. The van der Waals surface area contributed by atoms with Crippen molar-refractivity contribution >= 4 is 17.4 Å². The summed E-state index contributed by atoms with van der Waals surface area (Å²) in [6.07, 6.45) is 0. The van der Waals surface area contributed by atoms with Gasteiger partial charge in [0.05, 0.1) is 0 Å². The van der Waals surface area contributed by atoms with Crippen molar-refractivity contribution in [2.45, 2.75) is 32.5 Å². The summed E-state index contributed by atoms with van der Waals surface area (Å²) in [5, 5.41) is 0. The van der Waals surface area contributed by atoms with Crippen LogP contribution >= 0.6 is 0 Å². The van der Waals surface area contributed by atoms with Crippen LogP contribution in [0.1, 0.15) is 13.8 Å². The maximum Gasteiger partial charge on any atom is 0.0183 e. The van der Waals surface area contributed by atoms with Gasteiger partial charge in [0.2, 0.25) is 0 Å². The van der Waals surface area contributed by atoms with Crippen LogP contribution in [-0.4, -0.2) is 17.4 Å². The summed E-state index contributed by atoms with van der Waals surface area (Å²) >= 11 is 0. The topological polar surface area (TPSA) is 0 Å². The lowest BCUT2D eigenvalue weighted by atomic mass is 10.6. The van der Waals surface area contributed by atoms with Crippen molar-refractivity contribution in [3.05, 3.63) is 0 Å². The second-order valence-corrected chi connectivity index (χ2v) is 14.2. The zero-order valence-electron chi connectivity index (χ0n) is 5.86. The zero-order chi connectivity index (χ0) is 5.86. The van der Waals surface area contributed by atoms with E-state index in [2.05, 4.69) is 26.9 Å². The van der Waals surface area contributed by atoms with Gasteiger partial charge in [-0.3, -0.25) is 0 Å². The van der Waals surface area contributed by atoms with Gasteiger partial charge in [-0.25, -0.2) is 0 Å². The molecule has 0 aliphatic rings. The van der Waals surface area contributed by atoms with Crippen LogP contribution in [0.25, 0.3) is 0 Å². The number of hydrogen-bond acceptors (Lipinski definition) is 0. The molecule has 0 fully saturated rings. The normalized spacial score (nSPS) is 12.9. The van der Waals surface area contributed by atoms with Gasteiger partial charge in [0.1, 0.15) is 0 Å². The molecule has 0 spiro atoms. The molecular formula is C5H16Si2. The van der Waals surface area contributed by atoms with E-state index in [9.17, 15) is 0 Å². The van der Waals surface area contributed by atoms with Gasteiger partial charge >= 0.3 is 0 Å². The van der Waals surface area contributed by atoms with E-state index in [0.29, 0.717) is 9.04 Å².